The van der Waals surface area contributed by atoms with Crippen molar-refractivity contribution in [1.29, 1.82) is 0 Å². The molecule has 0 fully saturated rings. The molecular formula is C8H8N2O7. The van der Waals surface area contributed by atoms with Crippen molar-refractivity contribution in [3.05, 3.63) is 37.9 Å². The second-order valence-electron chi connectivity index (χ2n) is 3.16. The number of benzene rings is 1. The summed E-state index contributed by atoms with van der Waals surface area (Å²) in [5.41, 5.74) is -1.37. The van der Waals surface area contributed by atoms with Crippen LogP contribution < -0.4 is 0 Å². The number of nitro groups is 2. The lowest BCUT2D eigenvalue weighted by Crippen LogP contribution is -2.13. The first-order chi connectivity index (χ1) is 7.84. The fraction of sp³-hybridized carbons (Fsp3) is 0.250. The molecule has 0 radical (unpaired) electrons. The first-order valence-corrected chi connectivity index (χ1v) is 4.33. The molecule has 1 rings (SSSR count). The summed E-state index contributed by atoms with van der Waals surface area (Å²) in [6.45, 7) is -0.939. The fourth-order valence-electron chi connectivity index (χ4n) is 1.28. The molecule has 9 heteroatoms. The normalized spacial score (nSPS) is 12.1. The number of nitrogens with zero attached hydrogens (tertiary/aromatic N) is 2. The van der Waals surface area contributed by atoms with Crippen molar-refractivity contribution < 1.29 is 25.2 Å². The zero-order valence-corrected chi connectivity index (χ0v) is 8.31. The van der Waals surface area contributed by atoms with E-state index in [1.165, 1.54) is 0 Å². The van der Waals surface area contributed by atoms with Gasteiger partial charge in [-0.1, -0.05) is 0 Å². The van der Waals surface area contributed by atoms with Crippen LogP contribution in [0.15, 0.2) is 12.1 Å². The Balaban J connectivity index is 3.28. The van der Waals surface area contributed by atoms with Crippen LogP contribution in [0, 0.1) is 20.2 Å². The van der Waals surface area contributed by atoms with Crippen LogP contribution in [0.4, 0.5) is 5.69 Å². The zero-order chi connectivity index (χ0) is 13.2. The maximum Gasteiger partial charge on any atom is 0.320 e. The largest absolute Gasteiger partial charge is 0.504 e. The molecule has 17 heavy (non-hydrogen) atoms. The molecule has 3 N–H and O–H groups in total. The molecule has 0 aliphatic carbocycles. The molecule has 1 aromatic rings. The third-order valence-electron chi connectivity index (χ3n) is 2.02. The van der Waals surface area contributed by atoms with E-state index in [2.05, 4.69) is 0 Å². The number of aliphatic hydroxyl groups is 1. The number of hydrogen-bond donors (Lipinski definition) is 3. The summed E-state index contributed by atoms with van der Waals surface area (Å²) in [7, 11) is 0. The van der Waals surface area contributed by atoms with Crippen molar-refractivity contribution in [2.75, 3.05) is 6.54 Å². The Kier molecular flexibility index (Phi) is 3.43. The summed E-state index contributed by atoms with van der Waals surface area (Å²) in [6, 6.07) is 1.85. The number of aliphatic hydroxyl groups excluding tert-OH is 1. The molecule has 0 saturated heterocycles. The van der Waals surface area contributed by atoms with E-state index in [1.807, 2.05) is 0 Å². The lowest BCUT2D eigenvalue weighted by atomic mass is 10.1. The van der Waals surface area contributed by atoms with E-state index in [9.17, 15) is 30.4 Å². The lowest BCUT2D eigenvalue weighted by Gasteiger charge is -2.08. The van der Waals surface area contributed by atoms with E-state index >= 15 is 0 Å². The zero-order valence-electron chi connectivity index (χ0n) is 8.31. The summed E-state index contributed by atoms with van der Waals surface area (Å²) in [4.78, 5) is 18.9. The van der Waals surface area contributed by atoms with Crippen LogP contribution in [0.2, 0.25) is 0 Å². The van der Waals surface area contributed by atoms with Gasteiger partial charge < -0.3 is 15.3 Å². The van der Waals surface area contributed by atoms with Gasteiger partial charge in [0.2, 0.25) is 12.3 Å². The van der Waals surface area contributed by atoms with Crippen molar-refractivity contribution in [3.8, 4) is 11.5 Å². The fourth-order valence-corrected chi connectivity index (χ4v) is 1.28. The molecule has 9 nitrogen and oxygen atoms in total. The Morgan fingerprint density at radius 3 is 2.29 bits per heavy atom. The summed E-state index contributed by atoms with van der Waals surface area (Å²) in [5, 5.41) is 48.5. The molecule has 1 atom stereocenters. The van der Waals surface area contributed by atoms with Gasteiger partial charge in [0, 0.05) is 4.92 Å². The highest BCUT2D eigenvalue weighted by molar-refractivity contribution is 5.59. The Hall–Kier alpha value is -2.42. The predicted molar refractivity (Wildman–Crippen MR) is 53.2 cm³/mol. The third-order valence-corrected chi connectivity index (χ3v) is 2.02. The molecule has 0 bridgehead atoms. The molecule has 0 amide bonds. The van der Waals surface area contributed by atoms with Crippen molar-refractivity contribution in [3.63, 3.8) is 0 Å². The predicted octanol–water partition coefficient (Wildman–Crippen LogP) is 0.316. The van der Waals surface area contributed by atoms with Crippen LogP contribution >= 0.6 is 0 Å². The van der Waals surface area contributed by atoms with Gasteiger partial charge in [-0.05, 0) is 12.1 Å². The van der Waals surface area contributed by atoms with Crippen LogP contribution in [0.25, 0.3) is 0 Å². The minimum Gasteiger partial charge on any atom is -0.504 e. The van der Waals surface area contributed by atoms with Gasteiger partial charge in [0.15, 0.2) is 11.9 Å². The quantitative estimate of drug-likeness (QED) is 0.392. The molecule has 0 saturated carbocycles. The molecule has 0 aliphatic rings. The van der Waals surface area contributed by atoms with E-state index in [0.717, 1.165) is 12.1 Å². The van der Waals surface area contributed by atoms with Gasteiger partial charge in [-0.2, -0.15) is 0 Å². The molecular weight excluding hydrogens is 236 g/mol. The summed E-state index contributed by atoms with van der Waals surface area (Å²) >= 11 is 0. The summed E-state index contributed by atoms with van der Waals surface area (Å²) in [5.74, 6) is -1.77. The summed E-state index contributed by atoms with van der Waals surface area (Å²) in [6.07, 6.45) is -1.74. The topological polar surface area (TPSA) is 147 Å². The standard InChI is InChI=1S/C8H8N2O7/c11-5-2-1-4(6(12)3-9(14)15)7(8(5)13)10(16)17/h1-2,6,11-13H,3H2. The van der Waals surface area contributed by atoms with E-state index in [-0.39, 0.29) is 0 Å². The Bertz CT molecular complexity index is 473. The Morgan fingerprint density at radius 2 is 1.82 bits per heavy atom. The van der Waals surface area contributed by atoms with Gasteiger partial charge in [-0.25, -0.2) is 0 Å². The van der Waals surface area contributed by atoms with E-state index in [4.69, 9.17) is 5.11 Å². The minimum atomic E-state index is -1.74. The van der Waals surface area contributed by atoms with Crippen molar-refractivity contribution in [1.82, 2.24) is 0 Å². The summed E-state index contributed by atoms with van der Waals surface area (Å²) < 4.78 is 0. The van der Waals surface area contributed by atoms with Crippen molar-refractivity contribution in [2.24, 2.45) is 0 Å². The van der Waals surface area contributed by atoms with Crippen LogP contribution in [0.3, 0.4) is 0 Å². The highest BCUT2D eigenvalue weighted by Gasteiger charge is 2.29. The highest BCUT2D eigenvalue weighted by Crippen LogP contribution is 2.40. The van der Waals surface area contributed by atoms with Gasteiger partial charge in [0.05, 0.1) is 10.5 Å². The van der Waals surface area contributed by atoms with Gasteiger partial charge in [-0.3, -0.25) is 20.2 Å². The minimum absolute atomic E-state index is 0.429. The molecule has 1 unspecified atom stereocenters. The first-order valence-electron chi connectivity index (χ1n) is 4.33. The van der Waals surface area contributed by atoms with Gasteiger partial charge >= 0.3 is 5.69 Å². The number of aromatic hydroxyl groups is 2. The average molecular weight is 244 g/mol. The third kappa shape index (κ3) is 2.58. The molecule has 0 aromatic heterocycles. The first kappa shape index (κ1) is 12.6. The molecule has 1 aromatic carbocycles. The molecule has 0 aliphatic heterocycles. The SMILES string of the molecule is O=[N+]([O-])CC(O)c1ccc(O)c(O)c1[N+](=O)[O-]. The Morgan fingerprint density at radius 1 is 1.24 bits per heavy atom. The van der Waals surface area contributed by atoms with Crippen molar-refractivity contribution >= 4 is 5.69 Å². The number of phenols is 2. The second kappa shape index (κ2) is 4.61. The van der Waals surface area contributed by atoms with Crippen LogP contribution in [0.1, 0.15) is 11.7 Å². The average Bonchev–Trinajstić information content (AvgIpc) is 2.19. The molecule has 0 spiro atoms. The van der Waals surface area contributed by atoms with E-state index in [0.29, 0.717) is 0 Å². The van der Waals surface area contributed by atoms with E-state index < -0.39 is 45.2 Å². The second-order valence-corrected chi connectivity index (χ2v) is 3.16. The monoisotopic (exact) mass is 244 g/mol. The number of phenolic OH excluding ortho intramolecular Hbond substituents is 2. The number of nitro benzene ring substituents is 1. The Labute approximate surface area is 93.8 Å². The van der Waals surface area contributed by atoms with Gasteiger partial charge in [-0.15, -0.1) is 0 Å². The van der Waals surface area contributed by atoms with Gasteiger partial charge in [0.1, 0.15) is 0 Å². The lowest BCUT2D eigenvalue weighted by molar-refractivity contribution is -0.492. The van der Waals surface area contributed by atoms with Gasteiger partial charge in [0.25, 0.3) is 0 Å². The molecule has 0 heterocycles. The number of hydrogen-bond acceptors (Lipinski definition) is 7. The van der Waals surface area contributed by atoms with Crippen molar-refractivity contribution in [2.45, 2.75) is 6.10 Å². The maximum atomic E-state index is 10.6. The highest BCUT2D eigenvalue weighted by atomic mass is 16.6. The van der Waals surface area contributed by atoms with Crippen LogP contribution in [0.5, 0.6) is 11.5 Å². The van der Waals surface area contributed by atoms with E-state index in [1.54, 1.807) is 0 Å². The van der Waals surface area contributed by atoms with Crippen LogP contribution in [-0.4, -0.2) is 31.7 Å². The molecule has 92 valence electrons. The maximum absolute atomic E-state index is 10.6. The number of rotatable bonds is 4. The smallest absolute Gasteiger partial charge is 0.320 e. The van der Waals surface area contributed by atoms with Crippen LogP contribution in [-0.2, 0) is 0 Å².